The average Bonchev–Trinajstić information content (AvgIpc) is 2.80. The van der Waals surface area contributed by atoms with Crippen LogP contribution in [0.1, 0.15) is 50.0 Å². The van der Waals surface area contributed by atoms with E-state index < -0.39 is 23.9 Å². The van der Waals surface area contributed by atoms with E-state index in [2.05, 4.69) is 10.3 Å². The molecule has 2 fully saturated rings. The summed E-state index contributed by atoms with van der Waals surface area (Å²) in [6, 6.07) is 4.47. The van der Waals surface area contributed by atoms with Gasteiger partial charge in [0.05, 0.1) is 17.8 Å². The molecule has 1 saturated carbocycles. The minimum atomic E-state index is -4.25. The fourth-order valence-electron chi connectivity index (χ4n) is 5.36. The van der Waals surface area contributed by atoms with Crippen LogP contribution in [-0.4, -0.2) is 41.3 Å². The van der Waals surface area contributed by atoms with Crippen molar-refractivity contribution in [1.29, 1.82) is 0 Å². The van der Waals surface area contributed by atoms with E-state index in [0.717, 1.165) is 37.4 Å². The van der Waals surface area contributed by atoms with Crippen molar-refractivity contribution in [2.45, 2.75) is 56.7 Å². The lowest BCUT2D eigenvalue weighted by Crippen LogP contribution is -2.49. The zero-order valence-corrected chi connectivity index (χ0v) is 18.0. The quantitative estimate of drug-likeness (QED) is 0.600. The van der Waals surface area contributed by atoms with Gasteiger partial charge >= 0.3 is 12.2 Å². The molecule has 6 nitrogen and oxygen atoms in total. The summed E-state index contributed by atoms with van der Waals surface area (Å²) in [7, 11) is 0. The van der Waals surface area contributed by atoms with Crippen molar-refractivity contribution in [2.24, 2.45) is 5.92 Å². The highest BCUT2D eigenvalue weighted by molar-refractivity contribution is 6.02. The molecule has 1 saturated heterocycles. The average molecular weight is 463 g/mol. The fourth-order valence-corrected chi connectivity index (χ4v) is 5.36. The Labute approximate surface area is 189 Å². The second-order valence-electron chi connectivity index (χ2n) is 9.08. The summed E-state index contributed by atoms with van der Waals surface area (Å²) < 4.78 is 54.1. The van der Waals surface area contributed by atoms with E-state index in [1.807, 2.05) is 6.07 Å². The van der Waals surface area contributed by atoms with E-state index in [1.165, 1.54) is 12.3 Å². The highest BCUT2D eigenvalue weighted by atomic mass is 19.4. The summed E-state index contributed by atoms with van der Waals surface area (Å²) in [6.07, 6.45) is 2.25. The van der Waals surface area contributed by atoms with Gasteiger partial charge in [0.2, 0.25) is 0 Å². The maximum Gasteiger partial charge on any atom is 0.393 e. The number of carbonyl (C=O) groups is 1. The number of anilines is 3. The van der Waals surface area contributed by atoms with Crippen molar-refractivity contribution in [3.05, 3.63) is 42.0 Å². The lowest BCUT2D eigenvalue weighted by Gasteiger charge is -2.44. The number of nitrogens with one attached hydrogen (secondary N) is 1. The SMILES string of the molecule is O=C(Nc1ccncc1F)N1c2nc(N3CCCC(C(F)(F)F)C3)ccc2C2CCC[C@H]1C2. The first-order valence-electron chi connectivity index (χ1n) is 11.3. The third-order valence-corrected chi connectivity index (χ3v) is 7.01. The summed E-state index contributed by atoms with van der Waals surface area (Å²) in [5.41, 5.74) is 0.944. The van der Waals surface area contributed by atoms with E-state index in [4.69, 9.17) is 4.98 Å². The first kappa shape index (κ1) is 21.9. The molecule has 1 aliphatic carbocycles. The fraction of sp³-hybridized carbons (Fsp3) is 0.522. The Hall–Kier alpha value is -2.91. The van der Waals surface area contributed by atoms with Gasteiger partial charge in [-0.25, -0.2) is 14.2 Å². The Kier molecular flexibility index (Phi) is 5.62. The standard InChI is InChI=1S/C23H25F4N5O/c24-18-12-28-9-8-19(18)29-22(33)32-16-5-1-3-14(11-16)17-6-7-20(30-21(17)32)31-10-2-4-15(13-31)23(25,26)27/h6-9,12,14-16H,1-5,10-11,13H2,(H,28,29,33)/t14?,15?,16-/m0/s1. The van der Waals surface area contributed by atoms with Gasteiger partial charge < -0.3 is 10.2 Å². The van der Waals surface area contributed by atoms with Crippen molar-refractivity contribution in [3.63, 3.8) is 0 Å². The van der Waals surface area contributed by atoms with Crippen LogP contribution in [0.5, 0.6) is 0 Å². The number of carbonyl (C=O) groups excluding carboxylic acids is 1. The van der Waals surface area contributed by atoms with Gasteiger partial charge in [0, 0.05) is 25.3 Å². The number of alkyl halides is 3. The number of pyridine rings is 2. The highest BCUT2D eigenvalue weighted by Gasteiger charge is 2.43. The molecule has 2 unspecified atom stereocenters. The third kappa shape index (κ3) is 4.22. The Morgan fingerprint density at radius 1 is 1.12 bits per heavy atom. The molecule has 2 bridgehead atoms. The molecule has 3 atom stereocenters. The summed E-state index contributed by atoms with van der Waals surface area (Å²) in [5, 5.41) is 2.62. The number of aromatic nitrogens is 2. The van der Waals surface area contributed by atoms with Crippen LogP contribution in [0.25, 0.3) is 0 Å². The normalized spacial score (nSPS) is 24.9. The van der Waals surface area contributed by atoms with Crippen LogP contribution in [-0.2, 0) is 0 Å². The maximum atomic E-state index is 14.1. The second kappa shape index (κ2) is 8.46. The molecule has 2 aliphatic heterocycles. The van der Waals surface area contributed by atoms with E-state index >= 15 is 0 Å². The van der Waals surface area contributed by atoms with Crippen LogP contribution in [0.2, 0.25) is 0 Å². The van der Waals surface area contributed by atoms with Crippen LogP contribution in [0.15, 0.2) is 30.6 Å². The van der Waals surface area contributed by atoms with Gasteiger partial charge in [-0.2, -0.15) is 13.2 Å². The van der Waals surface area contributed by atoms with Gasteiger partial charge in [0.15, 0.2) is 5.82 Å². The van der Waals surface area contributed by atoms with E-state index in [1.54, 1.807) is 15.9 Å². The Morgan fingerprint density at radius 3 is 2.76 bits per heavy atom. The maximum absolute atomic E-state index is 14.1. The molecule has 1 N–H and O–H groups in total. The van der Waals surface area contributed by atoms with Crippen LogP contribution < -0.4 is 15.1 Å². The third-order valence-electron chi connectivity index (χ3n) is 7.01. The Morgan fingerprint density at radius 2 is 1.97 bits per heavy atom. The van der Waals surface area contributed by atoms with Crippen LogP contribution >= 0.6 is 0 Å². The van der Waals surface area contributed by atoms with Crippen molar-refractivity contribution in [2.75, 3.05) is 28.2 Å². The van der Waals surface area contributed by atoms with Crippen molar-refractivity contribution < 1.29 is 22.4 Å². The van der Waals surface area contributed by atoms with Gasteiger partial charge in [0.25, 0.3) is 0 Å². The number of urea groups is 1. The predicted octanol–water partition coefficient (Wildman–Crippen LogP) is 5.47. The largest absolute Gasteiger partial charge is 0.393 e. The number of fused-ring (bicyclic) bond motifs is 4. The lowest BCUT2D eigenvalue weighted by atomic mass is 9.77. The molecule has 0 aromatic carbocycles. The first-order chi connectivity index (χ1) is 15.8. The molecule has 2 aromatic heterocycles. The monoisotopic (exact) mass is 463 g/mol. The number of halogens is 4. The number of nitrogens with zero attached hydrogens (tertiary/aromatic N) is 4. The minimum Gasteiger partial charge on any atom is -0.356 e. The van der Waals surface area contributed by atoms with Gasteiger partial charge in [-0.3, -0.25) is 9.88 Å². The molecular formula is C23H25F4N5O. The van der Waals surface area contributed by atoms with E-state index in [-0.39, 0.29) is 30.6 Å². The predicted molar refractivity (Wildman–Crippen MR) is 116 cm³/mol. The van der Waals surface area contributed by atoms with Crippen molar-refractivity contribution in [3.8, 4) is 0 Å². The molecule has 33 heavy (non-hydrogen) atoms. The van der Waals surface area contributed by atoms with Crippen LogP contribution in [0.3, 0.4) is 0 Å². The molecule has 0 spiro atoms. The Bertz CT molecular complexity index is 1050. The zero-order chi connectivity index (χ0) is 23.2. The minimum absolute atomic E-state index is 0.0229. The summed E-state index contributed by atoms with van der Waals surface area (Å²) in [6.45, 7) is 0.343. The van der Waals surface area contributed by atoms with Gasteiger partial charge in [-0.1, -0.05) is 12.5 Å². The van der Waals surface area contributed by atoms with Gasteiger partial charge in [-0.15, -0.1) is 0 Å². The molecule has 5 rings (SSSR count). The number of piperidine rings is 1. The molecule has 10 heteroatoms. The highest BCUT2D eigenvalue weighted by Crippen LogP contribution is 2.46. The first-order valence-corrected chi connectivity index (χ1v) is 11.3. The second-order valence-corrected chi connectivity index (χ2v) is 9.08. The molecule has 2 aromatic rings. The molecule has 2 amide bonds. The molecule has 3 aliphatic rings. The zero-order valence-electron chi connectivity index (χ0n) is 18.0. The van der Waals surface area contributed by atoms with E-state index in [9.17, 15) is 22.4 Å². The van der Waals surface area contributed by atoms with Gasteiger partial charge in [0.1, 0.15) is 11.6 Å². The topological polar surface area (TPSA) is 61.4 Å². The van der Waals surface area contributed by atoms with Crippen LogP contribution in [0, 0.1) is 11.7 Å². The molecule has 0 radical (unpaired) electrons. The van der Waals surface area contributed by atoms with Crippen molar-refractivity contribution in [1.82, 2.24) is 9.97 Å². The number of amides is 2. The van der Waals surface area contributed by atoms with Gasteiger partial charge in [-0.05, 0) is 55.7 Å². The smallest absolute Gasteiger partial charge is 0.356 e. The molecular weight excluding hydrogens is 438 g/mol. The Balaban J connectivity index is 1.47. The van der Waals surface area contributed by atoms with E-state index in [0.29, 0.717) is 24.6 Å². The number of hydrogen-bond donors (Lipinski definition) is 1. The van der Waals surface area contributed by atoms with Crippen molar-refractivity contribution >= 4 is 23.4 Å². The van der Waals surface area contributed by atoms with Crippen LogP contribution in [0.4, 0.5) is 39.7 Å². The number of rotatable bonds is 2. The summed E-state index contributed by atoms with van der Waals surface area (Å²) in [5.74, 6) is -0.869. The molecule has 4 heterocycles. The summed E-state index contributed by atoms with van der Waals surface area (Å²) >= 11 is 0. The molecule has 176 valence electrons. The number of hydrogen-bond acceptors (Lipinski definition) is 4. The lowest BCUT2D eigenvalue weighted by molar-refractivity contribution is -0.176. The summed E-state index contributed by atoms with van der Waals surface area (Å²) in [4.78, 5) is 24.9.